The summed E-state index contributed by atoms with van der Waals surface area (Å²) in [6, 6.07) is 14.7. The van der Waals surface area contributed by atoms with E-state index in [-0.39, 0.29) is 11.4 Å². The summed E-state index contributed by atoms with van der Waals surface area (Å²) >= 11 is 2.69. The Labute approximate surface area is 206 Å². The van der Waals surface area contributed by atoms with Crippen LogP contribution in [0.2, 0.25) is 0 Å². The van der Waals surface area contributed by atoms with Crippen molar-refractivity contribution in [3.05, 3.63) is 92.4 Å². The molecule has 7 heteroatoms. The van der Waals surface area contributed by atoms with Crippen LogP contribution in [0.25, 0.3) is 10.2 Å². The van der Waals surface area contributed by atoms with E-state index >= 15 is 0 Å². The van der Waals surface area contributed by atoms with Crippen molar-refractivity contribution in [3.8, 4) is 0 Å². The number of thiazole rings is 1. The molecule has 0 spiro atoms. The van der Waals surface area contributed by atoms with E-state index in [4.69, 9.17) is 4.98 Å². The second-order valence-electron chi connectivity index (χ2n) is 8.89. The average molecular weight is 489 g/mol. The quantitative estimate of drug-likeness (QED) is 0.311. The zero-order valence-electron chi connectivity index (χ0n) is 19.3. The number of hydrogen-bond donors (Lipinski definition) is 1. The molecule has 1 aliphatic heterocycles. The molecule has 0 fully saturated rings. The van der Waals surface area contributed by atoms with Crippen LogP contribution in [0.15, 0.2) is 65.2 Å². The third-order valence-corrected chi connectivity index (χ3v) is 8.01. The number of anilines is 1. The van der Waals surface area contributed by atoms with E-state index in [1.807, 2.05) is 49.6 Å². The topological polar surface area (TPSA) is 70.5 Å². The molecule has 0 bridgehead atoms. The van der Waals surface area contributed by atoms with Crippen LogP contribution in [0.4, 0.5) is 5.13 Å². The van der Waals surface area contributed by atoms with Gasteiger partial charge in [-0.1, -0.05) is 61.6 Å². The van der Waals surface area contributed by atoms with Gasteiger partial charge in [-0.3, -0.25) is 14.5 Å². The number of aryl methyl sites for hydroxylation is 2. The number of Topliss-reactive ketones (excluding diaryl/α,β-unsaturated/α-hetero) is 1. The number of benzene rings is 2. The van der Waals surface area contributed by atoms with Crippen molar-refractivity contribution < 1.29 is 14.7 Å². The lowest BCUT2D eigenvalue weighted by Crippen LogP contribution is -2.30. The van der Waals surface area contributed by atoms with E-state index in [2.05, 4.69) is 19.9 Å². The minimum Gasteiger partial charge on any atom is -0.503 e. The summed E-state index contributed by atoms with van der Waals surface area (Å²) < 4.78 is 0.965. The molecule has 172 valence electrons. The van der Waals surface area contributed by atoms with Crippen LogP contribution in [0.1, 0.15) is 57.7 Å². The van der Waals surface area contributed by atoms with E-state index in [1.165, 1.54) is 27.6 Å². The van der Waals surface area contributed by atoms with Crippen molar-refractivity contribution in [2.24, 2.45) is 0 Å². The Kier molecular flexibility index (Phi) is 5.62. The van der Waals surface area contributed by atoms with Crippen molar-refractivity contribution in [2.75, 3.05) is 4.90 Å². The molecule has 0 unspecified atom stereocenters. The van der Waals surface area contributed by atoms with Crippen LogP contribution >= 0.6 is 22.7 Å². The second kappa shape index (κ2) is 8.49. The third kappa shape index (κ3) is 3.65. The number of amides is 1. The summed E-state index contributed by atoms with van der Waals surface area (Å²) in [5.74, 6) is -1.11. The molecule has 0 saturated heterocycles. The third-order valence-electron chi connectivity index (χ3n) is 6.14. The van der Waals surface area contributed by atoms with Crippen LogP contribution in [0.3, 0.4) is 0 Å². The first-order valence-electron chi connectivity index (χ1n) is 11.1. The monoisotopic (exact) mass is 488 g/mol. The maximum atomic E-state index is 13.5. The molecule has 2 aromatic heterocycles. The number of nitrogens with zero attached hydrogens (tertiary/aromatic N) is 2. The highest BCUT2D eigenvalue weighted by atomic mass is 32.1. The molecular weight excluding hydrogens is 464 g/mol. The van der Waals surface area contributed by atoms with Crippen LogP contribution in [-0.2, 0) is 4.79 Å². The number of aromatic nitrogens is 1. The van der Waals surface area contributed by atoms with Gasteiger partial charge in [0.1, 0.15) is 0 Å². The van der Waals surface area contributed by atoms with Gasteiger partial charge in [-0.25, -0.2) is 4.98 Å². The zero-order valence-corrected chi connectivity index (χ0v) is 21.0. The Morgan fingerprint density at radius 1 is 1.12 bits per heavy atom. The van der Waals surface area contributed by atoms with Crippen LogP contribution in [-0.4, -0.2) is 21.8 Å². The molecule has 3 heterocycles. The summed E-state index contributed by atoms with van der Waals surface area (Å²) in [5.41, 5.74) is 4.97. The van der Waals surface area contributed by atoms with Crippen molar-refractivity contribution >= 4 is 49.7 Å². The predicted octanol–water partition coefficient (Wildman–Crippen LogP) is 6.88. The van der Waals surface area contributed by atoms with E-state index in [1.54, 1.807) is 12.1 Å². The molecule has 1 aliphatic rings. The summed E-state index contributed by atoms with van der Waals surface area (Å²) in [6.45, 7) is 8.25. The first-order chi connectivity index (χ1) is 16.3. The Balaban J connectivity index is 1.68. The number of fused-ring (bicyclic) bond motifs is 1. The normalized spacial score (nSPS) is 16.3. The Bertz CT molecular complexity index is 1450. The van der Waals surface area contributed by atoms with Gasteiger partial charge in [0.25, 0.3) is 5.91 Å². The minimum absolute atomic E-state index is 0.0944. The van der Waals surface area contributed by atoms with Crippen molar-refractivity contribution in [2.45, 2.75) is 39.7 Å². The number of aliphatic hydroxyl groups is 1. The molecule has 0 aliphatic carbocycles. The molecule has 0 saturated carbocycles. The summed E-state index contributed by atoms with van der Waals surface area (Å²) in [6.07, 6.45) is 0. The Morgan fingerprint density at radius 3 is 2.50 bits per heavy atom. The molecule has 34 heavy (non-hydrogen) atoms. The molecule has 1 N–H and O–H groups in total. The van der Waals surface area contributed by atoms with Gasteiger partial charge in [0.15, 0.2) is 10.9 Å². The summed E-state index contributed by atoms with van der Waals surface area (Å²) in [5, 5.41) is 13.2. The first-order valence-corrected chi connectivity index (χ1v) is 12.8. The fourth-order valence-corrected chi connectivity index (χ4v) is 6.26. The standard InChI is InChI=1S/C27H24N2O3S2/c1-14(2)17-7-9-18(10-8-17)23-21(24(30)19-6-5-11-33-19)25(31)26(32)29(23)27-28-22-16(4)12-15(3)13-20(22)34-27/h5-14,23,31H,1-4H3/t23-/m0/s1. The molecule has 0 radical (unpaired) electrons. The number of hydrogen-bond acceptors (Lipinski definition) is 6. The van der Waals surface area contributed by atoms with Gasteiger partial charge in [0, 0.05) is 0 Å². The smallest absolute Gasteiger partial charge is 0.296 e. The highest BCUT2D eigenvalue weighted by Crippen LogP contribution is 2.45. The fourth-order valence-electron chi connectivity index (χ4n) is 4.42. The average Bonchev–Trinajstić information content (AvgIpc) is 3.53. The molecule has 1 atom stereocenters. The maximum absolute atomic E-state index is 13.5. The van der Waals surface area contributed by atoms with Crippen LogP contribution < -0.4 is 4.90 Å². The van der Waals surface area contributed by atoms with Crippen LogP contribution in [0, 0.1) is 13.8 Å². The summed E-state index contributed by atoms with van der Waals surface area (Å²) in [4.78, 5) is 33.6. The lowest BCUT2D eigenvalue weighted by Gasteiger charge is -2.24. The lowest BCUT2D eigenvalue weighted by atomic mass is 9.93. The van der Waals surface area contributed by atoms with E-state index in [0.29, 0.717) is 15.9 Å². The van der Waals surface area contributed by atoms with Gasteiger partial charge in [0.2, 0.25) is 5.78 Å². The molecule has 5 rings (SSSR count). The predicted molar refractivity (Wildman–Crippen MR) is 138 cm³/mol. The molecule has 5 nitrogen and oxygen atoms in total. The van der Waals surface area contributed by atoms with E-state index in [9.17, 15) is 14.7 Å². The second-order valence-corrected chi connectivity index (χ2v) is 10.8. The summed E-state index contributed by atoms with van der Waals surface area (Å²) in [7, 11) is 0. The Morgan fingerprint density at radius 2 is 1.85 bits per heavy atom. The van der Waals surface area contributed by atoms with Crippen LogP contribution in [0.5, 0.6) is 0 Å². The van der Waals surface area contributed by atoms with Gasteiger partial charge < -0.3 is 5.11 Å². The van der Waals surface area contributed by atoms with Crippen molar-refractivity contribution in [3.63, 3.8) is 0 Å². The molecule has 4 aromatic rings. The first kappa shape index (κ1) is 22.5. The van der Waals surface area contributed by atoms with E-state index < -0.39 is 17.7 Å². The minimum atomic E-state index is -0.759. The SMILES string of the molecule is Cc1cc(C)c2nc(N3C(=O)C(O)=C(C(=O)c4cccs4)[C@@H]3c3ccc(C(C)C)cc3)sc2c1. The van der Waals surface area contributed by atoms with Gasteiger partial charge in [-0.15, -0.1) is 11.3 Å². The lowest BCUT2D eigenvalue weighted by molar-refractivity contribution is -0.117. The molecular formula is C27H24N2O3S2. The number of rotatable bonds is 5. The van der Waals surface area contributed by atoms with Gasteiger partial charge >= 0.3 is 0 Å². The van der Waals surface area contributed by atoms with Gasteiger partial charge in [-0.05, 0) is 59.5 Å². The Hall–Kier alpha value is -3.29. The van der Waals surface area contributed by atoms with Gasteiger partial charge in [0.05, 0.1) is 26.7 Å². The number of thiophene rings is 1. The molecule has 1 amide bonds. The van der Waals surface area contributed by atoms with E-state index in [0.717, 1.165) is 32.5 Å². The maximum Gasteiger partial charge on any atom is 0.296 e. The fraction of sp³-hybridized carbons (Fsp3) is 0.222. The number of carbonyl (C=O) groups is 2. The molecule has 2 aromatic carbocycles. The van der Waals surface area contributed by atoms with Crippen molar-refractivity contribution in [1.29, 1.82) is 0 Å². The number of ketones is 1. The van der Waals surface area contributed by atoms with Crippen molar-refractivity contribution in [1.82, 2.24) is 4.98 Å². The number of carbonyl (C=O) groups excluding carboxylic acids is 2. The highest BCUT2D eigenvalue weighted by molar-refractivity contribution is 7.22. The zero-order chi connectivity index (χ0) is 24.1. The van der Waals surface area contributed by atoms with Gasteiger partial charge in [-0.2, -0.15) is 0 Å². The largest absolute Gasteiger partial charge is 0.503 e. The number of aliphatic hydroxyl groups excluding tert-OH is 1. The highest BCUT2D eigenvalue weighted by Gasteiger charge is 2.46.